The molecule has 0 radical (unpaired) electrons. The summed E-state index contributed by atoms with van der Waals surface area (Å²) in [5.74, 6) is -0.331. The second-order valence-electron chi connectivity index (χ2n) is 7.66. The largest absolute Gasteiger partial charge is 0.449 e. The molecule has 0 aliphatic rings. The molecule has 5 aromatic rings. The van der Waals surface area contributed by atoms with Gasteiger partial charge in [0.25, 0.3) is 5.91 Å². The Morgan fingerprint density at radius 3 is 2.64 bits per heavy atom. The van der Waals surface area contributed by atoms with E-state index in [4.69, 9.17) is 4.74 Å². The number of rotatable bonds is 5. The maximum absolute atomic E-state index is 12.7. The number of nitrogens with zero attached hydrogens (tertiary/aromatic N) is 2. The van der Waals surface area contributed by atoms with E-state index in [1.807, 2.05) is 54.6 Å². The van der Waals surface area contributed by atoms with Gasteiger partial charge in [0.2, 0.25) is 0 Å². The summed E-state index contributed by atoms with van der Waals surface area (Å²) in [6.07, 6.45) is 2.44. The third-order valence-electron chi connectivity index (χ3n) is 5.32. The fraction of sp³-hybridized carbons (Fsp3) is 0.0769. The number of carbonyl (C=O) groups excluding carboxylic acids is 2. The Balaban J connectivity index is 1.28. The molecule has 0 aliphatic heterocycles. The first-order valence-electron chi connectivity index (χ1n) is 10.5. The van der Waals surface area contributed by atoms with E-state index < -0.39 is 18.0 Å². The van der Waals surface area contributed by atoms with E-state index in [9.17, 15) is 9.59 Å². The number of aromatic amines is 1. The summed E-state index contributed by atoms with van der Waals surface area (Å²) in [6.45, 7) is 1.55. The molecule has 5 rings (SSSR count). The summed E-state index contributed by atoms with van der Waals surface area (Å²) in [4.78, 5) is 37.1. The molecule has 0 aliphatic carbocycles. The van der Waals surface area contributed by atoms with Crippen molar-refractivity contribution in [2.24, 2.45) is 0 Å². The second kappa shape index (κ2) is 8.55. The number of anilines is 1. The molecule has 33 heavy (non-hydrogen) atoms. The minimum Gasteiger partial charge on any atom is -0.449 e. The van der Waals surface area contributed by atoms with Crippen LogP contribution in [0, 0.1) is 0 Å². The number of esters is 1. The molecule has 1 atom stereocenters. The zero-order chi connectivity index (χ0) is 22.8. The normalized spacial score (nSPS) is 11.9. The Hall–Kier alpha value is -4.52. The Morgan fingerprint density at radius 2 is 1.82 bits per heavy atom. The zero-order valence-electron chi connectivity index (χ0n) is 17.8. The van der Waals surface area contributed by atoms with Gasteiger partial charge in [-0.05, 0) is 60.2 Å². The minimum absolute atomic E-state index is 0.328. The van der Waals surface area contributed by atoms with Crippen molar-refractivity contribution in [2.45, 2.75) is 13.0 Å². The van der Waals surface area contributed by atoms with Gasteiger partial charge in [0.15, 0.2) is 6.10 Å². The van der Waals surface area contributed by atoms with Crippen LogP contribution in [0.15, 0.2) is 85.2 Å². The van der Waals surface area contributed by atoms with Crippen LogP contribution in [0.5, 0.6) is 0 Å². The van der Waals surface area contributed by atoms with Crippen LogP contribution in [0.2, 0.25) is 0 Å². The SMILES string of the molecule is CC(OC(=O)c1ccc2nc(-c3cccnc3)[nH]c2c1)C(=O)Nc1ccc2ccccc2c1. The lowest BCUT2D eigenvalue weighted by Crippen LogP contribution is -2.30. The zero-order valence-corrected chi connectivity index (χ0v) is 17.8. The monoisotopic (exact) mass is 436 g/mol. The highest BCUT2D eigenvalue weighted by molar-refractivity contribution is 6.00. The first kappa shape index (κ1) is 20.4. The Labute approximate surface area is 189 Å². The van der Waals surface area contributed by atoms with Gasteiger partial charge in [-0.2, -0.15) is 0 Å². The Bertz CT molecular complexity index is 1480. The molecule has 7 nitrogen and oxygen atoms in total. The fourth-order valence-corrected chi connectivity index (χ4v) is 3.57. The van der Waals surface area contributed by atoms with Crippen LogP contribution in [0.1, 0.15) is 17.3 Å². The van der Waals surface area contributed by atoms with Crippen molar-refractivity contribution in [3.8, 4) is 11.4 Å². The van der Waals surface area contributed by atoms with Crippen LogP contribution in [0.25, 0.3) is 33.2 Å². The number of aromatic nitrogens is 3. The van der Waals surface area contributed by atoms with Gasteiger partial charge < -0.3 is 15.0 Å². The minimum atomic E-state index is -0.965. The molecule has 0 bridgehead atoms. The van der Waals surface area contributed by atoms with Crippen molar-refractivity contribution >= 4 is 39.4 Å². The lowest BCUT2D eigenvalue weighted by Gasteiger charge is -2.14. The van der Waals surface area contributed by atoms with Crippen LogP contribution < -0.4 is 5.32 Å². The summed E-state index contributed by atoms with van der Waals surface area (Å²) in [7, 11) is 0. The number of carbonyl (C=O) groups is 2. The highest BCUT2D eigenvalue weighted by Gasteiger charge is 2.20. The molecular formula is C26H20N4O3. The summed E-state index contributed by atoms with van der Waals surface area (Å²) >= 11 is 0. The molecule has 2 N–H and O–H groups in total. The van der Waals surface area contributed by atoms with Gasteiger partial charge in [0.05, 0.1) is 16.6 Å². The summed E-state index contributed by atoms with van der Waals surface area (Å²) in [5.41, 5.74) is 3.22. The summed E-state index contributed by atoms with van der Waals surface area (Å²) in [6, 6.07) is 22.3. The van der Waals surface area contributed by atoms with Crippen molar-refractivity contribution in [1.29, 1.82) is 0 Å². The average molecular weight is 436 g/mol. The Kier molecular flexibility index (Phi) is 5.28. The maximum Gasteiger partial charge on any atom is 0.338 e. The van der Waals surface area contributed by atoms with E-state index in [1.54, 1.807) is 37.5 Å². The van der Waals surface area contributed by atoms with E-state index in [0.717, 1.165) is 16.3 Å². The van der Waals surface area contributed by atoms with Gasteiger partial charge in [-0.15, -0.1) is 0 Å². The van der Waals surface area contributed by atoms with E-state index in [2.05, 4.69) is 20.3 Å². The van der Waals surface area contributed by atoms with Crippen LogP contribution >= 0.6 is 0 Å². The van der Waals surface area contributed by atoms with Crippen LogP contribution in [-0.2, 0) is 9.53 Å². The molecule has 1 amide bonds. The second-order valence-corrected chi connectivity index (χ2v) is 7.66. The number of H-pyrrole nitrogens is 1. The number of imidazole rings is 1. The molecule has 0 saturated carbocycles. The van der Waals surface area contributed by atoms with Crippen LogP contribution in [0.3, 0.4) is 0 Å². The smallest absolute Gasteiger partial charge is 0.338 e. The van der Waals surface area contributed by atoms with Crippen molar-refractivity contribution in [3.05, 3.63) is 90.8 Å². The van der Waals surface area contributed by atoms with Gasteiger partial charge >= 0.3 is 5.97 Å². The third kappa shape index (κ3) is 4.29. The van der Waals surface area contributed by atoms with Crippen molar-refractivity contribution in [3.63, 3.8) is 0 Å². The quantitative estimate of drug-likeness (QED) is 0.380. The van der Waals surface area contributed by atoms with Gasteiger partial charge in [0.1, 0.15) is 5.82 Å². The van der Waals surface area contributed by atoms with Gasteiger partial charge in [-0.25, -0.2) is 9.78 Å². The third-order valence-corrected chi connectivity index (χ3v) is 5.32. The fourth-order valence-electron chi connectivity index (χ4n) is 3.57. The van der Waals surface area contributed by atoms with E-state index >= 15 is 0 Å². The molecule has 2 aromatic heterocycles. The number of amides is 1. The van der Waals surface area contributed by atoms with Crippen molar-refractivity contribution in [1.82, 2.24) is 15.0 Å². The molecule has 1 unspecified atom stereocenters. The lowest BCUT2D eigenvalue weighted by molar-refractivity contribution is -0.123. The topological polar surface area (TPSA) is 97.0 Å². The van der Waals surface area contributed by atoms with Gasteiger partial charge in [0, 0.05) is 23.6 Å². The molecule has 162 valence electrons. The van der Waals surface area contributed by atoms with E-state index in [0.29, 0.717) is 28.1 Å². The van der Waals surface area contributed by atoms with Gasteiger partial charge in [-0.1, -0.05) is 30.3 Å². The first-order valence-corrected chi connectivity index (χ1v) is 10.5. The predicted octanol–water partition coefficient (Wildman–Crippen LogP) is 4.96. The highest BCUT2D eigenvalue weighted by atomic mass is 16.5. The van der Waals surface area contributed by atoms with Crippen molar-refractivity contribution in [2.75, 3.05) is 5.32 Å². The Morgan fingerprint density at radius 1 is 0.970 bits per heavy atom. The summed E-state index contributed by atoms with van der Waals surface area (Å²) < 4.78 is 5.40. The predicted molar refractivity (Wildman–Crippen MR) is 127 cm³/mol. The number of ether oxygens (including phenoxy) is 1. The molecule has 2 heterocycles. The standard InChI is InChI=1S/C26H20N4O3/c1-16(25(31)28-21-10-8-17-5-2-3-6-18(17)13-21)33-26(32)19-9-11-22-23(14-19)30-24(29-22)20-7-4-12-27-15-20/h2-16H,1H3,(H,28,31)(H,29,30). The number of benzene rings is 3. The number of nitrogens with one attached hydrogen (secondary N) is 2. The molecule has 0 saturated heterocycles. The highest BCUT2D eigenvalue weighted by Crippen LogP contribution is 2.22. The van der Waals surface area contributed by atoms with E-state index in [-0.39, 0.29) is 0 Å². The average Bonchev–Trinajstić information content (AvgIpc) is 3.28. The first-order chi connectivity index (χ1) is 16.1. The lowest BCUT2D eigenvalue weighted by atomic mass is 10.1. The van der Waals surface area contributed by atoms with Gasteiger partial charge in [-0.3, -0.25) is 9.78 Å². The molecule has 7 heteroatoms. The molecule has 0 spiro atoms. The number of hydrogen-bond acceptors (Lipinski definition) is 5. The molecular weight excluding hydrogens is 416 g/mol. The van der Waals surface area contributed by atoms with Crippen LogP contribution in [0.4, 0.5) is 5.69 Å². The summed E-state index contributed by atoms with van der Waals surface area (Å²) in [5, 5.41) is 4.90. The van der Waals surface area contributed by atoms with E-state index in [1.165, 1.54) is 0 Å². The molecule has 0 fully saturated rings. The maximum atomic E-state index is 12.7. The number of pyridine rings is 1. The molecule has 3 aromatic carbocycles. The number of hydrogen-bond donors (Lipinski definition) is 2. The van der Waals surface area contributed by atoms with Crippen LogP contribution in [-0.4, -0.2) is 32.9 Å². The van der Waals surface area contributed by atoms with Crippen molar-refractivity contribution < 1.29 is 14.3 Å². The number of fused-ring (bicyclic) bond motifs is 2.